The van der Waals surface area contributed by atoms with E-state index in [0.29, 0.717) is 31.0 Å². The van der Waals surface area contributed by atoms with Crippen molar-refractivity contribution >= 4 is 56.2 Å². The second kappa shape index (κ2) is 27.1. The van der Waals surface area contributed by atoms with E-state index < -0.39 is 53.8 Å². The van der Waals surface area contributed by atoms with E-state index in [4.69, 9.17) is 0 Å². The van der Waals surface area contributed by atoms with E-state index in [9.17, 15) is 0 Å². The van der Waals surface area contributed by atoms with Crippen LogP contribution in [0.15, 0.2) is 218 Å². The minimum atomic E-state index is -2.69. The SMILES string of the molecule is CC(C)c1cccc(C(C)C)c1[NH][Hf+]([CH]1C=Cc2ccccc21)[SiH](c1ccccc1)c1ccccc1.CC(C)c1cccc(C(C)C)c1[NH][Hf+]([CH]1C=Cc2ccccc21)[SiH](c1ccccc1)c1ccccc1.[Cl-].[Cl-]. The van der Waals surface area contributed by atoms with E-state index in [1.165, 1.54) is 55.9 Å². The molecule has 74 heavy (non-hydrogen) atoms. The molecule has 0 heterocycles. The quantitative estimate of drug-likeness (QED) is 0.0952. The molecule has 0 fully saturated rings. The Hall–Kier alpha value is -4.41. The molecule has 8 aromatic rings. The van der Waals surface area contributed by atoms with Crippen LogP contribution in [-0.4, -0.2) is 12.0 Å². The van der Waals surface area contributed by atoms with Crippen molar-refractivity contribution in [3.05, 3.63) is 263 Å². The average molecular weight is 1380 g/mol. The average Bonchev–Trinajstić information content (AvgIpc) is 4.04. The van der Waals surface area contributed by atoms with Gasteiger partial charge < -0.3 is 24.8 Å². The molecule has 0 amide bonds. The van der Waals surface area contributed by atoms with E-state index in [0.717, 1.165) is 0 Å². The smallest absolute Gasteiger partial charge is 1.00 e. The van der Waals surface area contributed by atoms with Gasteiger partial charge in [0.15, 0.2) is 0 Å². The second-order valence-electron chi connectivity index (χ2n) is 20.8. The fourth-order valence-electron chi connectivity index (χ4n) is 11.1. The summed E-state index contributed by atoms with van der Waals surface area (Å²) in [5.41, 5.74) is 14.6. The molecule has 0 radical (unpaired) electrons. The maximum atomic E-state index is 4.48. The van der Waals surface area contributed by atoms with E-state index in [-0.39, 0.29) is 24.8 Å². The van der Waals surface area contributed by atoms with E-state index in [1.54, 1.807) is 20.7 Å². The molecule has 0 saturated carbocycles. The van der Waals surface area contributed by atoms with Crippen molar-refractivity contribution in [2.24, 2.45) is 0 Å². The van der Waals surface area contributed by atoms with Crippen LogP contribution in [0.5, 0.6) is 0 Å². The largest absolute Gasteiger partial charge is 1.00 e. The third-order valence-electron chi connectivity index (χ3n) is 14.7. The Morgan fingerprint density at radius 2 is 0.581 bits per heavy atom. The summed E-state index contributed by atoms with van der Waals surface area (Å²) in [7, 11) is 0. The van der Waals surface area contributed by atoms with Crippen molar-refractivity contribution in [2.45, 2.75) is 86.4 Å². The van der Waals surface area contributed by atoms with Gasteiger partial charge in [-0.05, 0) is 0 Å². The van der Waals surface area contributed by atoms with Crippen LogP contribution in [0, 0.1) is 0 Å². The van der Waals surface area contributed by atoms with Gasteiger partial charge in [0.1, 0.15) is 0 Å². The zero-order valence-corrected chi connectivity index (χ0v) is 55.3. The summed E-state index contributed by atoms with van der Waals surface area (Å²) in [6.45, 7) is 18.7. The molecule has 0 aliphatic heterocycles. The van der Waals surface area contributed by atoms with E-state index >= 15 is 0 Å². The summed E-state index contributed by atoms with van der Waals surface area (Å²) in [6.07, 6.45) is 9.84. The number of benzene rings is 8. The first-order valence-corrected chi connectivity index (χ1v) is 50.0. The summed E-state index contributed by atoms with van der Waals surface area (Å²) in [5.74, 6) is -1.06. The molecular weight excluding hydrogens is 1300 g/mol. The van der Waals surface area contributed by atoms with Gasteiger partial charge in [0.05, 0.1) is 0 Å². The van der Waals surface area contributed by atoms with Gasteiger partial charge in [-0.2, -0.15) is 0 Å². The molecule has 0 spiro atoms. The minimum Gasteiger partial charge on any atom is -1.00 e. The first kappa shape index (κ1) is 57.3. The maximum absolute atomic E-state index is 4.48. The van der Waals surface area contributed by atoms with Crippen LogP contribution < -0.4 is 52.2 Å². The van der Waals surface area contributed by atoms with Crippen LogP contribution in [0.3, 0.4) is 0 Å². The number of hydrogen-bond acceptors (Lipinski definition) is 2. The van der Waals surface area contributed by atoms with Gasteiger partial charge in [-0.25, -0.2) is 0 Å². The summed E-state index contributed by atoms with van der Waals surface area (Å²) in [6, 6.07) is 77.8. The van der Waals surface area contributed by atoms with Crippen molar-refractivity contribution < 1.29 is 66.6 Å². The number of rotatable bonds is 16. The Balaban J connectivity index is 0.000000211. The zero-order chi connectivity index (χ0) is 50.1. The minimum absolute atomic E-state index is 0. The topological polar surface area (TPSA) is 24.1 Å². The van der Waals surface area contributed by atoms with Gasteiger partial charge >= 0.3 is 454 Å². The second-order valence-corrected chi connectivity index (χ2v) is 60.7. The summed E-state index contributed by atoms with van der Waals surface area (Å²) < 4.78 is 10.0. The van der Waals surface area contributed by atoms with Crippen LogP contribution in [-0.2, 0) is 41.8 Å². The van der Waals surface area contributed by atoms with Crippen molar-refractivity contribution in [1.29, 1.82) is 0 Å². The Labute approximate surface area is 474 Å². The molecule has 376 valence electrons. The Bertz CT molecular complexity index is 2750. The van der Waals surface area contributed by atoms with Gasteiger partial charge in [-0.3, -0.25) is 0 Å². The van der Waals surface area contributed by atoms with Crippen molar-refractivity contribution in [1.82, 2.24) is 0 Å². The van der Waals surface area contributed by atoms with E-state index in [2.05, 4.69) is 293 Å². The normalized spacial score (nSPS) is 14.1. The molecule has 0 aromatic heterocycles. The molecule has 8 heteroatoms. The number of allylic oxidation sites excluding steroid dienone is 2. The van der Waals surface area contributed by atoms with Crippen LogP contribution in [0.1, 0.15) is 131 Å². The van der Waals surface area contributed by atoms with Gasteiger partial charge in [-0.15, -0.1) is 0 Å². The molecule has 2 aliphatic rings. The first-order valence-electron chi connectivity index (χ1n) is 26.4. The van der Waals surface area contributed by atoms with Crippen molar-refractivity contribution in [3.63, 3.8) is 0 Å². The number of halogens is 2. The first-order chi connectivity index (χ1) is 35.1. The number of anilines is 2. The maximum Gasteiger partial charge on any atom is -1.00 e. The molecule has 8 aromatic carbocycles. The zero-order valence-electron chi connectivity index (χ0n) is 44.3. The molecule has 0 saturated heterocycles. The number of nitrogens with one attached hydrogen (secondary N) is 2. The summed E-state index contributed by atoms with van der Waals surface area (Å²) >= 11 is -5.38. The van der Waals surface area contributed by atoms with Gasteiger partial charge in [0.2, 0.25) is 0 Å². The number of fused-ring (bicyclic) bond motifs is 2. The Morgan fingerprint density at radius 1 is 0.324 bits per heavy atom. The number of para-hydroxylation sites is 2. The predicted octanol–water partition coefficient (Wildman–Crippen LogP) is 8.38. The molecule has 10 rings (SSSR count). The molecular formula is C66H72Cl2Hf2N2Si2. The molecule has 0 bridgehead atoms. The van der Waals surface area contributed by atoms with Crippen LogP contribution in [0.25, 0.3) is 12.2 Å². The van der Waals surface area contributed by atoms with Gasteiger partial charge in [0.25, 0.3) is 0 Å². The van der Waals surface area contributed by atoms with Crippen LogP contribution >= 0.6 is 0 Å². The third kappa shape index (κ3) is 13.0. The monoisotopic (exact) mass is 1380 g/mol. The van der Waals surface area contributed by atoms with Crippen LogP contribution in [0.4, 0.5) is 11.4 Å². The fourth-order valence-corrected chi connectivity index (χ4v) is 70.2. The molecule has 2 aliphatic carbocycles. The van der Waals surface area contributed by atoms with Gasteiger partial charge in [0, 0.05) is 0 Å². The molecule has 2 atom stereocenters. The third-order valence-corrected chi connectivity index (χ3v) is 68.5. The van der Waals surface area contributed by atoms with Crippen molar-refractivity contribution in [2.75, 3.05) is 6.61 Å². The van der Waals surface area contributed by atoms with Gasteiger partial charge in [-0.1, -0.05) is 0 Å². The Kier molecular flexibility index (Phi) is 21.0. The summed E-state index contributed by atoms with van der Waals surface area (Å²) in [5, 5.41) is 6.29. The molecule has 2 unspecified atom stereocenters. The predicted molar refractivity (Wildman–Crippen MR) is 312 cm³/mol. The fraction of sp³-hybridized carbons (Fsp3) is 0.212. The molecule has 2 nitrogen and oxygen atoms in total. The molecule has 2 N–H and O–H groups in total. The van der Waals surface area contributed by atoms with Crippen molar-refractivity contribution in [3.8, 4) is 0 Å². The Morgan fingerprint density at radius 3 is 0.851 bits per heavy atom. The standard InChI is InChI=1S/2C12H18N.2C12H11Si.2C9H7.2ClH.2Hf/c2*1-8(2)10-6-5-7-11(9(3)4)12(10)13;2*1-3-7-11(8-4-1)13-12-9-5-2-6-10-12;2*1-2-5-9-7-3-6-8(9)4-1;;;;/h2*5-9,13H,1-4H3;2*1-10,13H;2*1-7H;2*1H;;/q2*-1;;;;;;;2*+2/p-2. The summed E-state index contributed by atoms with van der Waals surface area (Å²) in [4.78, 5) is 0. The number of hydrogen-bond donors (Lipinski definition) is 2. The van der Waals surface area contributed by atoms with Crippen LogP contribution in [0.2, 0.25) is 0 Å². The van der Waals surface area contributed by atoms with E-state index in [1.807, 2.05) is 0 Å².